The summed E-state index contributed by atoms with van der Waals surface area (Å²) in [5.74, 6) is 2.06. The fourth-order valence-corrected chi connectivity index (χ4v) is 3.21. The van der Waals surface area contributed by atoms with Gasteiger partial charge in [-0.25, -0.2) is 9.97 Å². The third kappa shape index (κ3) is 4.25. The highest BCUT2D eigenvalue weighted by atomic mass is 16.5. The molecule has 1 aromatic carbocycles. The van der Waals surface area contributed by atoms with Crippen LogP contribution in [0.4, 0.5) is 11.5 Å². The van der Waals surface area contributed by atoms with E-state index in [0.717, 1.165) is 17.2 Å². The molecule has 7 nitrogen and oxygen atoms in total. The van der Waals surface area contributed by atoms with Crippen LogP contribution in [-0.4, -0.2) is 42.7 Å². The molecule has 3 rings (SSSR count). The Morgan fingerprint density at radius 3 is 2.64 bits per heavy atom. The lowest BCUT2D eigenvalue weighted by Gasteiger charge is -2.21. The van der Waals surface area contributed by atoms with E-state index in [4.69, 9.17) is 9.47 Å². The number of carbonyl (C=O) groups is 1. The molecule has 0 spiro atoms. The van der Waals surface area contributed by atoms with Gasteiger partial charge in [0, 0.05) is 25.1 Å². The Morgan fingerprint density at radius 1 is 1.21 bits per heavy atom. The molecule has 0 radical (unpaired) electrons. The van der Waals surface area contributed by atoms with Gasteiger partial charge in [-0.15, -0.1) is 0 Å². The van der Waals surface area contributed by atoms with Gasteiger partial charge in [0.15, 0.2) is 0 Å². The van der Waals surface area contributed by atoms with E-state index in [1.54, 1.807) is 19.1 Å². The molecule has 2 heterocycles. The zero-order chi connectivity index (χ0) is 20.3. The number of anilines is 2. The number of methoxy groups -OCH3 is 2. The number of rotatable bonds is 6. The number of aromatic nitrogens is 2. The lowest BCUT2D eigenvalue weighted by Crippen LogP contribution is -2.34. The summed E-state index contributed by atoms with van der Waals surface area (Å²) < 4.78 is 10.6. The van der Waals surface area contributed by atoms with Gasteiger partial charge in [-0.1, -0.05) is 32.9 Å². The van der Waals surface area contributed by atoms with Crippen LogP contribution in [0.15, 0.2) is 30.3 Å². The van der Waals surface area contributed by atoms with Gasteiger partial charge < -0.3 is 19.7 Å². The molecule has 1 atom stereocenters. The minimum absolute atomic E-state index is 0.00807. The lowest BCUT2D eigenvalue weighted by molar-refractivity contribution is -0.117. The second-order valence-corrected chi connectivity index (χ2v) is 7.90. The van der Waals surface area contributed by atoms with E-state index >= 15 is 0 Å². The summed E-state index contributed by atoms with van der Waals surface area (Å²) in [6, 6.07) is 9.06. The number of ether oxygens (including phenoxy) is 2. The van der Waals surface area contributed by atoms with Gasteiger partial charge in [0.25, 0.3) is 0 Å². The molecular weight excluding hydrogens is 356 g/mol. The Bertz CT molecular complexity index is 848. The maximum atomic E-state index is 13.0. The predicted octanol–water partition coefficient (Wildman–Crippen LogP) is 3.15. The Labute approximate surface area is 166 Å². The van der Waals surface area contributed by atoms with Crippen LogP contribution < -0.4 is 15.0 Å². The molecule has 1 unspecified atom stereocenters. The Morgan fingerprint density at radius 2 is 1.96 bits per heavy atom. The summed E-state index contributed by atoms with van der Waals surface area (Å²) in [5, 5.41) is 3.30. The van der Waals surface area contributed by atoms with E-state index < -0.39 is 0 Å². The van der Waals surface area contributed by atoms with Crippen molar-refractivity contribution in [2.45, 2.75) is 45.3 Å². The normalized spacial score (nSPS) is 17.1. The first-order chi connectivity index (χ1) is 13.3. The fourth-order valence-electron chi connectivity index (χ4n) is 3.21. The molecule has 7 heteroatoms. The monoisotopic (exact) mass is 384 g/mol. The van der Waals surface area contributed by atoms with Crippen molar-refractivity contribution in [2.24, 2.45) is 0 Å². The Hall–Kier alpha value is -2.67. The zero-order valence-corrected chi connectivity index (χ0v) is 17.2. The second kappa shape index (κ2) is 8.14. The highest BCUT2D eigenvalue weighted by Gasteiger charge is 2.34. The average Bonchev–Trinajstić information content (AvgIpc) is 3.01. The van der Waals surface area contributed by atoms with Gasteiger partial charge in [-0.2, -0.15) is 0 Å². The number of benzene rings is 1. The van der Waals surface area contributed by atoms with Crippen molar-refractivity contribution in [1.29, 1.82) is 0 Å². The molecule has 2 aromatic rings. The van der Waals surface area contributed by atoms with Crippen molar-refractivity contribution < 1.29 is 14.3 Å². The smallest absolute Gasteiger partial charge is 0.249 e. The Kier molecular flexibility index (Phi) is 5.84. The van der Waals surface area contributed by atoms with Gasteiger partial charge in [0.1, 0.15) is 23.4 Å². The molecule has 1 amide bonds. The van der Waals surface area contributed by atoms with E-state index in [1.165, 1.54) is 0 Å². The van der Waals surface area contributed by atoms with E-state index in [0.29, 0.717) is 31.1 Å². The van der Waals surface area contributed by atoms with Gasteiger partial charge in [-0.05, 0) is 18.6 Å². The number of hydrogen-bond donors (Lipinski definition) is 1. The van der Waals surface area contributed by atoms with Crippen molar-refractivity contribution in [3.63, 3.8) is 0 Å². The number of amides is 1. The first kappa shape index (κ1) is 20.1. The van der Waals surface area contributed by atoms with Crippen molar-refractivity contribution >= 4 is 17.4 Å². The maximum Gasteiger partial charge on any atom is 0.249 e. The average molecular weight is 384 g/mol. The quantitative estimate of drug-likeness (QED) is 0.824. The summed E-state index contributed by atoms with van der Waals surface area (Å²) in [7, 11) is 3.25. The maximum absolute atomic E-state index is 13.0. The van der Waals surface area contributed by atoms with Crippen LogP contribution >= 0.6 is 0 Å². The largest absolute Gasteiger partial charge is 0.495 e. The number of para-hydroxylation sites is 2. The number of hydrogen-bond acceptors (Lipinski definition) is 6. The zero-order valence-electron chi connectivity index (χ0n) is 17.2. The first-order valence-corrected chi connectivity index (χ1v) is 9.42. The summed E-state index contributed by atoms with van der Waals surface area (Å²) in [6.45, 7) is 7.21. The van der Waals surface area contributed by atoms with Crippen LogP contribution in [0.25, 0.3) is 0 Å². The molecule has 28 heavy (non-hydrogen) atoms. The molecule has 0 saturated carbocycles. The number of nitrogens with zero attached hydrogens (tertiary/aromatic N) is 3. The summed E-state index contributed by atoms with van der Waals surface area (Å²) in [5.41, 5.74) is 1.37. The van der Waals surface area contributed by atoms with Crippen molar-refractivity contribution in [3.8, 4) is 5.75 Å². The van der Waals surface area contributed by atoms with E-state index in [9.17, 15) is 4.79 Å². The van der Waals surface area contributed by atoms with Crippen molar-refractivity contribution in [3.05, 3.63) is 41.9 Å². The standard InChI is InChI=1S/C21H28N4O3/c1-21(2,3)20-22-14(13-27-4)12-18(24-20)23-15-10-11-25(19(15)26)16-8-6-7-9-17(16)28-5/h6-9,12,15H,10-11,13H2,1-5H3,(H,22,23,24). The summed E-state index contributed by atoms with van der Waals surface area (Å²) in [6.07, 6.45) is 0.686. The molecule has 1 aliphatic rings. The molecule has 1 N–H and O–H groups in total. The van der Waals surface area contributed by atoms with E-state index in [2.05, 4.69) is 36.1 Å². The van der Waals surface area contributed by atoms with Crippen LogP contribution in [0.5, 0.6) is 5.75 Å². The van der Waals surface area contributed by atoms with Gasteiger partial charge >= 0.3 is 0 Å². The lowest BCUT2D eigenvalue weighted by atomic mass is 9.95. The number of carbonyl (C=O) groups excluding carboxylic acids is 1. The van der Waals surface area contributed by atoms with Crippen LogP contribution in [0.3, 0.4) is 0 Å². The molecule has 1 fully saturated rings. The summed E-state index contributed by atoms with van der Waals surface area (Å²) >= 11 is 0. The van der Waals surface area contributed by atoms with Crippen LogP contribution in [0, 0.1) is 0 Å². The van der Waals surface area contributed by atoms with Crippen molar-refractivity contribution in [2.75, 3.05) is 31.0 Å². The van der Waals surface area contributed by atoms with Crippen LogP contribution in [0.1, 0.15) is 38.7 Å². The second-order valence-electron chi connectivity index (χ2n) is 7.90. The fraction of sp³-hybridized carbons (Fsp3) is 0.476. The topological polar surface area (TPSA) is 76.6 Å². The third-order valence-corrected chi connectivity index (χ3v) is 4.65. The summed E-state index contributed by atoms with van der Waals surface area (Å²) in [4.78, 5) is 24.0. The van der Waals surface area contributed by atoms with Gasteiger partial charge in [-0.3, -0.25) is 4.79 Å². The highest BCUT2D eigenvalue weighted by Crippen LogP contribution is 2.32. The highest BCUT2D eigenvalue weighted by molar-refractivity contribution is 6.02. The molecule has 0 bridgehead atoms. The molecule has 150 valence electrons. The van der Waals surface area contributed by atoms with Gasteiger partial charge in [0.05, 0.1) is 25.1 Å². The molecule has 0 aliphatic carbocycles. The van der Waals surface area contributed by atoms with Crippen LogP contribution in [0.2, 0.25) is 0 Å². The SMILES string of the molecule is COCc1cc(NC2CCN(c3ccccc3OC)C2=O)nc(C(C)(C)C)n1. The molecular formula is C21H28N4O3. The first-order valence-electron chi connectivity index (χ1n) is 9.42. The van der Waals surface area contributed by atoms with Crippen molar-refractivity contribution in [1.82, 2.24) is 9.97 Å². The minimum Gasteiger partial charge on any atom is -0.495 e. The molecule has 1 saturated heterocycles. The van der Waals surface area contributed by atoms with Crippen LogP contribution in [-0.2, 0) is 21.6 Å². The Balaban J connectivity index is 1.82. The number of nitrogens with one attached hydrogen (secondary N) is 1. The predicted molar refractivity (Wildman–Crippen MR) is 109 cm³/mol. The molecule has 1 aliphatic heterocycles. The minimum atomic E-state index is -0.344. The van der Waals surface area contributed by atoms with E-state index in [-0.39, 0.29) is 17.4 Å². The van der Waals surface area contributed by atoms with Gasteiger partial charge in [0.2, 0.25) is 5.91 Å². The third-order valence-electron chi connectivity index (χ3n) is 4.65. The molecule has 1 aromatic heterocycles. The van der Waals surface area contributed by atoms with E-state index in [1.807, 2.05) is 30.3 Å².